The van der Waals surface area contributed by atoms with E-state index in [0.29, 0.717) is 12.0 Å². The first-order valence-electron chi connectivity index (χ1n) is 5.47. The molecule has 88 valence electrons. The van der Waals surface area contributed by atoms with Crippen LogP contribution in [0.15, 0.2) is 18.2 Å². The Hall–Kier alpha value is -1.22. The molecule has 3 heteroatoms. The third-order valence-electron chi connectivity index (χ3n) is 2.59. The number of nitrogens with two attached hydrogens (primary N) is 1. The van der Waals surface area contributed by atoms with Gasteiger partial charge in [-0.3, -0.25) is 4.79 Å². The van der Waals surface area contributed by atoms with Gasteiger partial charge in [0, 0.05) is 5.56 Å². The van der Waals surface area contributed by atoms with Gasteiger partial charge in [-0.05, 0) is 44.0 Å². The maximum absolute atomic E-state index is 13.2. The number of hydrogen-bond acceptors (Lipinski definition) is 2. The van der Waals surface area contributed by atoms with Crippen molar-refractivity contribution in [2.24, 2.45) is 5.73 Å². The lowest BCUT2D eigenvalue weighted by atomic mass is 9.87. The molecule has 2 nitrogen and oxygen atoms in total. The van der Waals surface area contributed by atoms with E-state index < -0.39 is 11.4 Å². The number of Topliss-reactive ketones (excluding diaryl/α,β-unsaturated/α-hetero) is 1. The van der Waals surface area contributed by atoms with Crippen molar-refractivity contribution < 1.29 is 9.18 Å². The molecule has 0 aliphatic carbocycles. The molecule has 0 bridgehead atoms. The second-order valence-corrected chi connectivity index (χ2v) is 4.51. The van der Waals surface area contributed by atoms with Crippen LogP contribution in [-0.4, -0.2) is 11.3 Å². The summed E-state index contributed by atoms with van der Waals surface area (Å²) in [6, 6.07) is 4.31. The number of halogens is 1. The maximum Gasteiger partial charge on any atom is 0.182 e. The number of ketones is 1. The Balaban J connectivity index is 3.04. The fourth-order valence-electron chi connectivity index (χ4n) is 1.83. The van der Waals surface area contributed by atoms with Crippen LogP contribution in [0, 0.1) is 12.7 Å². The quantitative estimate of drug-likeness (QED) is 0.797. The van der Waals surface area contributed by atoms with Crippen LogP contribution >= 0.6 is 0 Å². The van der Waals surface area contributed by atoms with Gasteiger partial charge < -0.3 is 5.73 Å². The van der Waals surface area contributed by atoms with Crippen LogP contribution in [0.1, 0.15) is 42.6 Å². The van der Waals surface area contributed by atoms with Crippen LogP contribution in [0.3, 0.4) is 0 Å². The normalized spacial score (nSPS) is 14.6. The van der Waals surface area contributed by atoms with E-state index in [9.17, 15) is 9.18 Å². The van der Waals surface area contributed by atoms with Crippen molar-refractivity contribution >= 4 is 5.78 Å². The van der Waals surface area contributed by atoms with Crippen molar-refractivity contribution in [3.8, 4) is 0 Å². The Kier molecular flexibility index (Phi) is 3.81. The second kappa shape index (κ2) is 4.74. The monoisotopic (exact) mass is 223 g/mol. The molecular weight excluding hydrogens is 205 g/mol. The molecule has 0 heterocycles. The molecule has 0 aliphatic heterocycles. The minimum atomic E-state index is -0.908. The Morgan fingerprint density at radius 1 is 1.44 bits per heavy atom. The van der Waals surface area contributed by atoms with Gasteiger partial charge in [-0.25, -0.2) is 4.39 Å². The molecule has 16 heavy (non-hydrogen) atoms. The second-order valence-electron chi connectivity index (χ2n) is 4.51. The zero-order valence-corrected chi connectivity index (χ0v) is 10.0. The summed E-state index contributed by atoms with van der Waals surface area (Å²) in [5.41, 5.74) is 6.11. The molecule has 0 amide bonds. The summed E-state index contributed by atoms with van der Waals surface area (Å²) >= 11 is 0. The summed E-state index contributed by atoms with van der Waals surface area (Å²) in [5.74, 6) is -0.590. The minimum absolute atomic E-state index is 0.197. The Morgan fingerprint density at radius 3 is 2.56 bits per heavy atom. The lowest BCUT2D eigenvalue weighted by Gasteiger charge is -2.22. The number of carbonyl (C=O) groups excluding carboxylic acids is 1. The average Bonchev–Trinajstić information content (AvgIpc) is 2.14. The molecule has 0 aliphatic rings. The van der Waals surface area contributed by atoms with Gasteiger partial charge in [0.2, 0.25) is 0 Å². The fraction of sp³-hybridized carbons (Fsp3) is 0.462. The van der Waals surface area contributed by atoms with E-state index in [1.807, 2.05) is 6.92 Å². The summed E-state index contributed by atoms with van der Waals surface area (Å²) in [7, 11) is 0. The van der Waals surface area contributed by atoms with Gasteiger partial charge in [0.15, 0.2) is 5.78 Å². The predicted octanol–water partition coefficient (Wildman–Crippen LogP) is 2.83. The highest BCUT2D eigenvalue weighted by Crippen LogP contribution is 2.18. The first kappa shape index (κ1) is 12.8. The van der Waals surface area contributed by atoms with E-state index in [-0.39, 0.29) is 5.78 Å². The lowest BCUT2D eigenvalue weighted by molar-refractivity contribution is 0.0892. The molecule has 1 aromatic rings. The molecule has 1 aromatic carbocycles. The van der Waals surface area contributed by atoms with E-state index in [0.717, 1.165) is 12.0 Å². The van der Waals surface area contributed by atoms with E-state index in [1.165, 1.54) is 12.1 Å². The van der Waals surface area contributed by atoms with Crippen LogP contribution in [0.2, 0.25) is 0 Å². The highest BCUT2D eigenvalue weighted by atomic mass is 19.1. The van der Waals surface area contributed by atoms with Crippen molar-refractivity contribution in [2.75, 3.05) is 0 Å². The van der Waals surface area contributed by atoms with Gasteiger partial charge in [0.25, 0.3) is 0 Å². The summed E-state index contributed by atoms with van der Waals surface area (Å²) in [6.07, 6.45) is 1.43. The predicted molar refractivity (Wildman–Crippen MR) is 63.0 cm³/mol. The molecule has 0 spiro atoms. The average molecular weight is 223 g/mol. The molecule has 0 fully saturated rings. The van der Waals surface area contributed by atoms with Gasteiger partial charge in [-0.15, -0.1) is 0 Å². The zero-order valence-electron chi connectivity index (χ0n) is 10.0. The van der Waals surface area contributed by atoms with Crippen molar-refractivity contribution in [3.05, 3.63) is 35.1 Å². The molecule has 2 N–H and O–H groups in total. The third kappa shape index (κ3) is 2.89. The van der Waals surface area contributed by atoms with Gasteiger partial charge in [-0.2, -0.15) is 0 Å². The fourth-order valence-corrected chi connectivity index (χ4v) is 1.83. The van der Waals surface area contributed by atoms with Crippen LogP contribution in [0.25, 0.3) is 0 Å². The van der Waals surface area contributed by atoms with Gasteiger partial charge >= 0.3 is 0 Å². The van der Waals surface area contributed by atoms with E-state index in [4.69, 9.17) is 5.73 Å². The summed E-state index contributed by atoms with van der Waals surface area (Å²) in [4.78, 5) is 12.1. The first-order chi connectivity index (χ1) is 7.36. The number of aryl methyl sites for hydroxylation is 1. The van der Waals surface area contributed by atoms with E-state index in [2.05, 4.69) is 0 Å². The van der Waals surface area contributed by atoms with Crippen LogP contribution in [0.5, 0.6) is 0 Å². The Morgan fingerprint density at radius 2 is 2.06 bits per heavy atom. The number of rotatable bonds is 4. The molecule has 1 rings (SSSR count). The topological polar surface area (TPSA) is 43.1 Å². The van der Waals surface area contributed by atoms with Crippen molar-refractivity contribution in [2.45, 2.75) is 39.2 Å². The minimum Gasteiger partial charge on any atom is -0.319 e. The van der Waals surface area contributed by atoms with Crippen LogP contribution in [-0.2, 0) is 0 Å². The number of carbonyl (C=O) groups is 1. The molecule has 1 atom stereocenters. The molecule has 0 radical (unpaired) electrons. The largest absolute Gasteiger partial charge is 0.319 e. The van der Waals surface area contributed by atoms with E-state index >= 15 is 0 Å². The lowest BCUT2D eigenvalue weighted by Crippen LogP contribution is -2.44. The van der Waals surface area contributed by atoms with Crippen molar-refractivity contribution in [1.82, 2.24) is 0 Å². The van der Waals surface area contributed by atoms with Gasteiger partial charge in [0.1, 0.15) is 5.82 Å². The molecule has 1 unspecified atom stereocenters. The maximum atomic E-state index is 13.2. The molecular formula is C13H18FNO. The Labute approximate surface area is 95.7 Å². The highest BCUT2D eigenvalue weighted by molar-refractivity contribution is 6.02. The van der Waals surface area contributed by atoms with Crippen LogP contribution in [0.4, 0.5) is 4.39 Å². The van der Waals surface area contributed by atoms with Gasteiger partial charge in [0.05, 0.1) is 5.54 Å². The third-order valence-corrected chi connectivity index (χ3v) is 2.59. The zero-order chi connectivity index (χ0) is 12.3. The smallest absolute Gasteiger partial charge is 0.182 e. The highest BCUT2D eigenvalue weighted by Gasteiger charge is 2.28. The summed E-state index contributed by atoms with van der Waals surface area (Å²) in [5, 5.41) is 0. The standard InChI is InChI=1S/C13H18FNO/c1-4-5-13(3,15)12(16)10-6-9(2)7-11(14)8-10/h6-8H,4-5,15H2,1-3H3. The van der Waals surface area contributed by atoms with Crippen molar-refractivity contribution in [1.29, 1.82) is 0 Å². The number of benzene rings is 1. The SMILES string of the molecule is CCCC(C)(N)C(=O)c1cc(C)cc(F)c1. The number of hydrogen-bond donors (Lipinski definition) is 1. The van der Waals surface area contributed by atoms with Crippen LogP contribution < -0.4 is 5.73 Å². The summed E-state index contributed by atoms with van der Waals surface area (Å²) in [6.45, 7) is 5.42. The molecule has 0 saturated carbocycles. The van der Waals surface area contributed by atoms with Gasteiger partial charge in [-0.1, -0.05) is 13.3 Å². The van der Waals surface area contributed by atoms with Crippen molar-refractivity contribution in [3.63, 3.8) is 0 Å². The van der Waals surface area contributed by atoms with E-state index in [1.54, 1.807) is 19.9 Å². The summed E-state index contributed by atoms with van der Waals surface area (Å²) < 4.78 is 13.2. The first-order valence-corrected chi connectivity index (χ1v) is 5.47. The molecule has 0 saturated heterocycles. The molecule has 0 aromatic heterocycles. The Bertz CT molecular complexity index is 379.